The van der Waals surface area contributed by atoms with Gasteiger partial charge in [-0.3, -0.25) is 14.4 Å². The van der Waals surface area contributed by atoms with Crippen LogP contribution < -0.4 is 20.9 Å². The van der Waals surface area contributed by atoms with Gasteiger partial charge in [0.05, 0.1) is 11.7 Å². The molecule has 7 heteroatoms. The summed E-state index contributed by atoms with van der Waals surface area (Å²) in [7, 11) is 1.73. The molecule has 5 atom stereocenters. The molecular weight excluding hydrogens is 440 g/mol. The second kappa shape index (κ2) is 9.82. The highest BCUT2D eigenvalue weighted by Gasteiger charge is 2.37. The first-order valence-corrected chi connectivity index (χ1v) is 12.8. The minimum atomic E-state index is -0.841. The first-order chi connectivity index (χ1) is 16.9. The number of amides is 3. The van der Waals surface area contributed by atoms with Gasteiger partial charge >= 0.3 is 0 Å². The number of nitrogens with zero attached hydrogens (tertiary/aromatic N) is 1. The SMILES string of the molecule is C[C@H](NC(=O)C1CCC2CCCCC2N1)C(=O)N[C@H]1C(=O)N(C)c2ccccc2-c2ccccc21. The van der Waals surface area contributed by atoms with Gasteiger partial charge in [0, 0.05) is 18.7 Å². The number of para-hydroxylation sites is 1. The van der Waals surface area contributed by atoms with Gasteiger partial charge in [-0.05, 0) is 55.7 Å². The van der Waals surface area contributed by atoms with E-state index in [0.717, 1.165) is 41.6 Å². The van der Waals surface area contributed by atoms with Crippen molar-refractivity contribution in [1.82, 2.24) is 16.0 Å². The fourth-order valence-corrected chi connectivity index (χ4v) is 5.92. The van der Waals surface area contributed by atoms with Gasteiger partial charge in [-0.2, -0.15) is 0 Å². The monoisotopic (exact) mass is 474 g/mol. The van der Waals surface area contributed by atoms with Crippen LogP contribution in [0.25, 0.3) is 11.1 Å². The van der Waals surface area contributed by atoms with E-state index in [2.05, 4.69) is 16.0 Å². The summed E-state index contributed by atoms with van der Waals surface area (Å²) in [6, 6.07) is 13.9. The fraction of sp³-hybridized carbons (Fsp3) is 0.464. The van der Waals surface area contributed by atoms with Crippen LogP contribution in [0, 0.1) is 5.92 Å². The Balaban J connectivity index is 1.29. The Morgan fingerprint density at radius 1 is 0.971 bits per heavy atom. The van der Waals surface area contributed by atoms with E-state index < -0.39 is 12.1 Å². The Morgan fingerprint density at radius 2 is 1.69 bits per heavy atom. The number of piperidine rings is 1. The van der Waals surface area contributed by atoms with Gasteiger partial charge < -0.3 is 20.9 Å². The average molecular weight is 475 g/mol. The van der Waals surface area contributed by atoms with Crippen LogP contribution in [0.15, 0.2) is 48.5 Å². The van der Waals surface area contributed by atoms with Crippen molar-refractivity contribution in [2.45, 2.75) is 69.6 Å². The summed E-state index contributed by atoms with van der Waals surface area (Å²) < 4.78 is 0. The van der Waals surface area contributed by atoms with Crippen molar-refractivity contribution in [2.75, 3.05) is 11.9 Å². The molecular formula is C28H34N4O3. The lowest BCUT2D eigenvalue weighted by molar-refractivity contribution is -0.132. The smallest absolute Gasteiger partial charge is 0.253 e. The highest BCUT2D eigenvalue weighted by molar-refractivity contribution is 6.06. The van der Waals surface area contributed by atoms with Crippen LogP contribution in [0.3, 0.4) is 0 Å². The molecule has 2 aromatic rings. The standard InChI is InChI=1S/C28H34N4O3/c1-17(29-27(34)23-16-15-18-9-3-7-13-22(18)30-23)26(33)31-25-21-12-5-4-10-19(21)20-11-6-8-14-24(20)32(2)28(25)35/h4-6,8,10-12,14,17-18,22-23,25,30H,3,7,9,13,15-16H2,1-2H3,(H,29,34)(H,31,33)/t17-,18?,22?,23?,25+/m0/s1. The normalized spacial score (nSPS) is 26.5. The molecule has 2 aliphatic heterocycles. The number of fused-ring (bicyclic) bond motifs is 4. The molecule has 184 valence electrons. The molecule has 3 N–H and O–H groups in total. The third-order valence-electron chi connectivity index (χ3n) is 7.91. The number of rotatable bonds is 4. The number of anilines is 1. The van der Waals surface area contributed by atoms with E-state index >= 15 is 0 Å². The molecule has 35 heavy (non-hydrogen) atoms. The quantitative estimate of drug-likeness (QED) is 0.634. The third kappa shape index (κ3) is 4.57. The zero-order chi connectivity index (χ0) is 24.5. The maximum absolute atomic E-state index is 13.4. The summed E-state index contributed by atoms with van der Waals surface area (Å²) in [6.07, 6.45) is 6.68. The molecule has 1 aliphatic carbocycles. The Bertz CT molecular complexity index is 1130. The van der Waals surface area contributed by atoms with Crippen LogP contribution >= 0.6 is 0 Å². The van der Waals surface area contributed by atoms with Gasteiger partial charge in [-0.15, -0.1) is 0 Å². The molecule has 1 saturated carbocycles. The molecule has 0 spiro atoms. The summed E-state index contributed by atoms with van der Waals surface area (Å²) >= 11 is 0. The number of carbonyl (C=O) groups is 3. The summed E-state index contributed by atoms with van der Waals surface area (Å²) in [5.74, 6) is -0.0754. The highest BCUT2D eigenvalue weighted by atomic mass is 16.2. The van der Waals surface area contributed by atoms with Crippen molar-refractivity contribution in [1.29, 1.82) is 0 Å². The van der Waals surface area contributed by atoms with Crippen molar-refractivity contribution in [2.24, 2.45) is 5.92 Å². The Morgan fingerprint density at radius 3 is 2.51 bits per heavy atom. The molecule has 5 rings (SSSR count). The first kappa shape index (κ1) is 23.5. The molecule has 0 radical (unpaired) electrons. The van der Waals surface area contributed by atoms with Crippen LogP contribution in [0.5, 0.6) is 0 Å². The van der Waals surface area contributed by atoms with Gasteiger partial charge in [-0.25, -0.2) is 0 Å². The van der Waals surface area contributed by atoms with Gasteiger partial charge in [0.25, 0.3) is 5.91 Å². The summed E-state index contributed by atoms with van der Waals surface area (Å²) in [6.45, 7) is 1.67. The predicted octanol–water partition coefficient (Wildman–Crippen LogP) is 3.30. The van der Waals surface area contributed by atoms with E-state index in [-0.39, 0.29) is 23.8 Å². The Hall–Kier alpha value is -3.19. The number of likely N-dealkylation sites (N-methyl/N-ethyl adjacent to an activating group) is 1. The van der Waals surface area contributed by atoms with Gasteiger partial charge in [0.1, 0.15) is 12.1 Å². The number of carbonyl (C=O) groups excluding carboxylic acids is 3. The van der Waals surface area contributed by atoms with Crippen LogP contribution in [0.1, 0.15) is 57.1 Å². The van der Waals surface area contributed by atoms with Crippen molar-refractivity contribution < 1.29 is 14.4 Å². The fourth-order valence-electron chi connectivity index (χ4n) is 5.92. The van der Waals surface area contributed by atoms with E-state index in [1.807, 2.05) is 48.5 Å². The second-order valence-electron chi connectivity index (χ2n) is 10.1. The lowest BCUT2D eigenvalue weighted by atomic mass is 9.77. The molecule has 1 saturated heterocycles. The molecule has 3 aliphatic rings. The van der Waals surface area contributed by atoms with Crippen molar-refractivity contribution in [3.63, 3.8) is 0 Å². The topological polar surface area (TPSA) is 90.5 Å². The van der Waals surface area contributed by atoms with Crippen LogP contribution in [0.2, 0.25) is 0 Å². The maximum atomic E-state index is 13.4. The number of hydrogen-bond donors (Lipinski definition) is 3. The molecule has 2 heterocycles. The Labute approximate surface area is 206 Å². The molecule has 0 bridgehead atoms. The third-order valence-corrected chi connectivity index (χ3v) is 7.91. The van der Waals surface area contributed by atoms with Gasteiger partial charge in [-0.1, -0.05) is 55.3 Å². The zero-order valence-corrected chi connectivity index (χ0v) is 20.4. The van der Waals surface area contributed by atoms with Crippen LogP contribution in [-0.4, -0.2) is 42.9 Å². The van der Waals surface area contributed by atoms with E-state index in [9.17, 15) is 14.4 Å². The molecule has 2 fully saturated rings. The zero-order valence-electron chi connectivity index (χ0n) is 20.4. The number of hydrogen-bond acceptors (Lipinski definition) is 4. The molecule has 2 aromatic carbocycles. The predicted molar refractivity (Wildman–Crippen MR) is 136 cm³/mol. The van der Waals surface area contributed by atoms with Crippen LogP contribution in [0.4, 0.5) is 5.69 Å². The van der Waals surface area contributed by atoms with Gasteiger partial charge in [0.15, 0.2) is 0 Å². The lowest BCUT2D eigenvalue weighted by Crippen LogP contribution is -2.57. The number of benzene rings is 2. The maximum Gasteiger partial charge on any atom is 0.253 e. The van der Waals surface area contributed by atoms with Gasteiger partial charge in [0.2, 0.25) is 11.8 Å². The van der Waals surface area contributed by atoms with Crippen LogP contribution in [-0.2, 0) is 14.4 Å². The minimum Gasteiger partial charge on any atom is -0.343 e. The first-order valence-electron chi connectivity index (χ1n) is 12.8. The van der Waals surface area contributed by atoms with E-state index in [1.165, 1.54) is 19.3 Å². The van der Waals surface area contributed by atoms with E-state index in [0.29, 0.717) is 12.0 Å². The summed E-state index contributed by atoms with van der Waals surface area (Å²) in [5.41, 5.74) is 3.41. The summed E-state index contributed by atoms with van der Waals surface area (Å²) in [4.78, 5) is 41.2. The molecule has 3 unspecified atom stereocenters. The summed E-state index contributed by atoms with van der Waals surface area (Å²) in [5, 5.41) is 9.32. The lowest BCUT2D eigenvalue weighted by Gasteiger charge is -2.40. The van der Waals surface area contributed by atoms with E-state index in [1.54, 1.807) is 18.9 Å². The molecule has 3 amide bonds. The molecule has 0 aromatic heterocycles. The average Bonchev–Trinajstić information content (AvgIpc) is 2.98. The second-order valence-corrected chi connectivity index (χ2v) is 10.1. The van der Waals surface area contributed by atoms with Crippen molar-refractivity contribution >= 4 is 23.4 Å². The number of nitrogens with one attached hydrogen (secondary N) is 3. The minimum absolute atomic E-state index is 0.145. The van der Waals surface area contributed by atoms with E-state index in [4.69, 9.17) is 0 Å². The van der Waals surface area contributed by atoms with Crippen molar-refractivity contribution in [3.8, 4) is 11.1 Å². The van der Waals surface area contributed by atoms with Crippen molar-refractivity contribution in [3.05, 3.63) is 54.1 Å². The largest absolute Gasteiger partial charge is 0.343 e. The Kier molecular flexibility index (Phi) is 6.60. The highest BCUT2D eigenvalue weighted by Crippen LogP contribution is 2.39. The molecule has 7 nitrogen and oxygen atoms in total.